The predicted molar refractivity (Wildman–Crippen MR) is 77.5 cm³/mol. The summed E-state index contributed by atoms with van der Waals surface area (Å²) in [6.45, 7) is 3.97. The molecule has 106 valence electrons. The highest BCUT2D eigenvalue weighted by atomic mass is 19.1. The van der Waals surface area contributed by atoms with Crippen LogP contribution in [-0.2, 0) is 6.42 Å². The number of hydrogen-bond acceptors (Lipinski definition) is 2. The highest BCUT2D eigenvalue weighted by Gasteiger charge is 2.16. The zero-order valence-electron chi connectivity index (χ0n) is 12.0. The molecule has 0 bridgehead atoms. The van der Waals surface area contributed by atoms with E-state index in [0.29, 0.717) is 5.56 Å². The Morgan fingerprint density at radius 2 is 1.85 bits per heavy atom. The smallest absolute Gasteiger partial charge is 0.168 e. The molecule has 0 amide bonds. The van der Waals surface area contributed by atoms with Crippen LogP contribution in [0.15, 0.2) is 36.4 Å². The summed E-state index contributed by atoms with van der Waals surface area (Å²) in [5.41, 5.74) is 3.46. The Morgan fingerprint density at radius 1 is 1.15 bits per heavy atom. The zero-order chi connectivity index (χ0) is 14.7. The van der Waals surface area contributed by atoms with Crippen LogP contribution in [-0.4, -0.2) is 12.2 Å². The Balaban J connectivity index is 2.28. The van der Waals surface area contributed by atoms with Gasteiger partial charge in [-0.15, -0.1) is 0 Å². The van der Waals surface area contributed by atoms with Crippen LogP contribution >= 0.6 is 0 Å². The molecule has 0 heterocycles. The normalized spacial score (nSPS) is 12.2. The maximum absolute atomic E-state index is 14.1. The molecule has 2 nitrogen and oxygen atoms in total. The molecule has 20 heavy (non-hydrogen) atoms. The zero-order valence-corrected chi connectivity index (χ0v) is 12.0. The molecule has 2 aromatic carbocycles. The lowest BCUT2D eigenvalue weighted by atomic mass is 9.95. The van der Waals surface area contributed by atoms with Gasteiger partial charge in [-0.1, -0.05) is 30.3 Å². The second kappa shape index (κ2) is 6.06. The first-order valence-electron chi connectivity index (χ1n) is 6.60. The summed E-state index contributed by atoms with van der Waals surface area (Å²) in [6, 6.07) is 10.8. The van der Waals surface area contributed by atoms with Crippen LogP contribution in [0, 0.1) is 19.7 Å². The average molecular weight is 274 g/mol. The summed E-state index contributed by atoms with van der Waals surface area (Å²) in [7, 11) is 1.43. The number of rotatable bonds is 4. The van der Waals surface area contributed by atoms with Gasteiger partial charge < -0.3 is 9.84 Å². The van der Waals surface area contributed by atoms with Crippen molar-refractivity contribution < 1.29 is 14.2 Å². The molecule has 0 saturated carbocycles. The quantitative estimate of drug-likeness (QED) is 0.920. The minimum Gasteiger partial charge on any atom is -0.494 e. The Morgan fingerprint density at radius 3 is 2.55 bits per heavy atom. The van der Waals surface area contributed by atoms with Crippen LogP contribution in [0.3, 0.4) is 0 Å². The molecule has 0 aliphatic rings. The second-order valence-electron chi connectivity index (χ2n) is 4.94. The maximum Gasteiger partial charge on any atom is 0.168 e. The fourth-order valence-electron chi connectivity index (χ4n) is 2.32. The van der Waals surface area contributed by atoms with E-state index >= 15 is 0 Å². The number of methoxy groups -OCH3 is 1. The summed E-state index contributed by atoms with van der Waals surface area (Å²) in [5.74, 6) is -0.199. The van der Waals surface area contributed by atoms with Crippen LogP contribution in [0.25, 0.3) is 0 Å². The van der Waals surface area contributed by atoms with Crippen molar-refractivity contribution in [3.05, 3.63) is 64.5 Å². The Labute approximate surface area is 118 Å². The van der Waals surface area contributed by atoms with E-state index in [9.17, 15) is 9.50 Å². The van der Waals surface area contributed by atoms with Gasteiger partial charge in [0.1, 0.15) is 0 Å². The number of hydrogen-bond donors (Lipinski definition) is 1. The van der Waals surface area contributed by atoms with Crippen molar-refractivity contribution in [2.24, 2.45) is 0 Å². The Hall–Kier alpha value is -1.87. The van der Waals surface area contributed by atoms with Gasteiger partial charge in [0.15, 0.2) is 11.6 Å². The van der Waals surface area contributed by atoms with E-state index < -0.39 is 11.9 Å². The van der Waals surface area contributed by atoms with Gasteiger partial charge >= 0.3 is 0 Å². The van der Waals surface area contributed by atoms with Crippen molar-refractivity contribution in [3.8, 4) is 5.75 Å². The molecular formula is C17H19FO2. The molecule has 2 aromatic rings. The van der Waals surface area contributed by atoms with Gasteiger partial charge in [0.2, 0.25) is 0 Å². The molecule has 0 spiro atoms. The van der Waals surface area contributed by atoms with Crippen molar-refractivity contribution in [3.63, 3.8) is 0 Å². The number of aliphatic hydroxyl groups excluding tert-OH is 1. The molecule has 1 N–H and O–H groups in total. The SMILES string of the molecule is COc1cccc(CC(O)c2cccc(C)c2C)c1F. The minimum absolute atomic E-state index is 0.204. The predicted octanol–water partition coefficient (Wildman–Crippen LogP) is 3.73. The van der Waals surface area contributed by atoms with Crippen LogP contribution in [0.4, 0.5) is 4.39 Å². The molecule has 1 unspecified atom stereocenters. The summed E-state index contributed by atoms with van der Waals surface area (Å²) in [6.07, 6.45) is -0.496. The number of benzene rings is 2. The van der Waals surface area contributed by atoms with Crippen molar-refractivity contribution in [2.45, 2.75) is 26.4 Å². The van der Waals surface area contributed by atoms with E-state index in [1.807, 2.05) is 32.0 Å². The van der Waals surface area contributed by atoms with Gasteiger partial charge in [-0.2, -0.15) is 0 Å². The van der Waals surface area contributed by atoms with Crippen LogP contribution in [0.1, 0.15) is 28.4 Å². The van der Waals surface area contributed by atoms with E-state index in [0.717, 1.165) is 16.7 Å². The van der Waals surface area contributed by atoms with Crippen LogP contribution in [0.5, 0.6) is 5.75 Å². The fourth-order valence-corrected chi connectivity index (χ4v) is 2.32. The van der Waals surface area contributed by atoms with Crippen molar-refractivity contribution in [1.29, 1.82) is 0 Å². The van der Waals surface area contributed by atoms with Gasteiger partial charge in [0, 0.05) is 6.42 Å². The molecule has 0 aromatic heterocycles. The average Bonchev–Trinajstić information content (AvgIpc) is 2.44. The first-order chi connectivity index (χ1) is 9.54. The fraction of sp³-hybridized carbons (Fsp3) is 0.294. The Kier molecular flexibility index (Phi) is 4.40. The van der Waals surface area contributed by atoms with Crippen molar-refractivity contribution in [1.82, 2.24) is 0 Å². The van der Waals surface area contributed by atoms with Gasteiger partial charge in [-0.25, -0.2) is 4.39 Å². The molecular weight excluding hydrogens is 255 g/mol. The van der Waals surface area contributed by atoms with E-state index in [1.165, 1.54) is 7.11 Å². The third-order valence-electron chi connectivity index (χ3n) is 3.68. The van der Waals surface area contributed by atoms with Crippen molar-refractivity contribution in [2.75, 3.05) is 7.11 Å². The third-order valence-corrected chi connectivity index (χ3v) is 3.68. The third kappa shape index (κ3) is 2.83. The molecule has 0 saturated heterocycles. The van der Waals surface area contributed by atoms with Crippen LogP contribution < -0.4 is 4.74 Å². The first-order valence-corrected chi connectivity index (χ1v) is 6.60. The first kappa shape index (κ1) is 14.5. The van der Waals surface area contributed by atoms with Gasteiger partial charge in [-0.05, 0) is 42.2 Å². The molecule has 0 aliphatic heterocycles. The van der Waals surface area contributed by atoms with E-state index in [2.05, 4.69) is 0 Å². The molecule has 1 atom stereocenters. The van der Waals surface area contributed by atoms with Gasteiger partial charge in [0.25, 0.3) is 0 Å². The number of halogens is 1. The summed E-state index contributed by atoms with van der Waals surface area (Å²) in [4.78, 5) is 0. The van der Waals surface area contributed by atoms with Crippen molar-refractivity contribution >= 4 is 0 Å². The number of aryl methyl sites for hydroxylation is 1. The maximum atomic E-state index is 14.1. The second-order valence-corrected chi connectivity index (χ2v) is 4.94. The van der Waals surface area contributed by atoms with E-state index in [4.69, 9.17) is 4.74 Å². The standard InChI is InChI=1S/C17H19FO2/c1-11-6-4-8-14(12(11)2)15(19)10-13-7-5-9-16(20-3)17(13)18/h4-9,15,19H,10H2,1-3H3. The van der Waals surface area contributed by atoms with Crippen LogP contribution in [0.2, 0.25) is 0 Å². The van der Waals surface area contributed by atoms with Gasteiger partial charge in [0.05, 0.1) is 13.2 Å². The molecule has 2 rings (SSSR count). The molecule has 0 aliphatic carbocycles. The molecule has 3 heteroatoms. The Bertz CT molecular complexity index is 608. The lowest BCUT2D eigenvalue weighted by Gasteiger charge is -2.16. The van der Waals surface area contributed by atoms with E-state index in [1.54, 1.807) is 18.2 Å². The topological polar surface area (TPSA) is 29.5 Å². The lowest BCUT2D eigenvalue weighted by Crippen LogP contribution is -2.06. The highest BCUT2D eigenvalue weighted by Crippen LogP contribution is 2.27. The highest BCUT2D eigenvalue weighted by molar-refractivity contribution is 5.37. The summed E-state index contributed by atoms with van der Waals surface area (Å²) in [5, 5.41) is 10.4. The number of ether oxygens (including phenoxy) is 1. The van der Waals surface area contributed by atoms with Gasteiger partial charge in [-0.3, -0.25) is 0 Å². The summed E-state index contributed by atoms with van der Waals surface area (Å²) >= 11 is 0. The largest absolute Gasteiger partial charge is 0.494 e. The molecule has 0 radical (unpaired) electrons. The monoisotopic (exact) mass is 274 g/mol. The molecule has 0 fully saturated rings. The number of aliphatic hydroxyl groups is 1. The summed E-state index contributed by atoms with van der Waals surface area (Å²) < 4.78 is 19.1. The lowest BCUT2D eigenvalue weighted by molar-refractivity contribution is 0.176. The van der Waals surface area contributed by atoms with E-state index in [-0.39, 0.29) is 12.2 Å². The minimum atomic E-state index is -0.725.